The van der Waals surface area contributed by atoms with Gasteiger partial charge in [0.05, 0.1) is 23.9 Å². The number of esters is 1. The number of rotatable bonds is 7. The lowest BCUT2D eigenvalue weighted by Gasteiger charge is -2.31. The first-order valence-electron chi connectivity index (χ1n) is 12.1. The molecule has 3 aromatic rings. The van der Waals surface area contributed by atoms with Crippen molar-refractivity contribution in [1.82, 2.24) is 0 Å². The van der Waals surface area contributed by atoms with Crippen LogP contribution in [-0.2, 0) is 9.53 Å². The smallest absolute Gasteiger partial charge is 0.308 e. The van der Waals surface area contributed by atoms with Gasteiger partial charge in [-0.3, -0.25) is 4.79 Å². The number of nitrogens with zero attached hydrogens (tertiary/aromatic N) is 1. The van der Waals surface area contributed by atoms with E-state index in [2.05, 4.69) is 72.8 Å². The van der Waals surface area contributed by atoms with Gasteiger partial charge in [-0.05, 0) is 62.1 Å². The van der Waals surface area contributed by atoms with Gasteiger partial charge < -0.3 is 4.74 Å². The highest BCUT2D eigenvalue weighted by Gasteiger charge is 2.30. The van der Waals surface area contributed by atoms with Crippen LogP contribution in [0.1, 0.15) is 62.1 Å². The third-order valence-electron chi connectivity index (χ3n) is 6.84. The summed E-state index contributed by atoms with van der Waals surface area (Å²) < 4.78 is 5.23. The van der Waals surface area contributed by atoms with Crippen LogP contribution in [0.25, 0.3) is 0 Å². The van der Waals surface area contributed by atoms with E-state index in [0.717, 1.165) is 48.2 Å². The van der Waals surface area contributed by atoms with E-state index >= 15 is 0 Å². The van der Waals surface area contributed by atoms with Crippen LogP contribution < -0.4 is 0 Å². The summed E-state index contributed by atoms with van der Waals surface area (Å²) in [5.74, 6) is 0.938. The van der Waals surface area contributed by atoms with Gasteiger partial charge in [-0.1, -0.05) is 79.7 Å². The third-order valence-corrected chi connectivity index (χ3v) is 6.84. The van der Waals surface area contributed by atoms with Crippen molar-refractivity contribution in [2.75, 3.05) is 6.61 Å². The number of carbonyl (C=O) groups is 1. The molecule has 1 unspecified atom stereocenters. The van der Waals surface area contributed by atoms with Gasteiger partial charge in [-0.2, -0.15) is 0 Å². The molecule has 33 heavy (non-hydrogen) atoms. The second-order valence-electron chi connectivity index (χ2n) is 8.94. The summed E-state index contributed by atoms with van der Waals surface area (Å²) in [5, 5.41) is 0. The highest BCUT2D eigenvalue weighted by atomic mass is 16.5. The van der Waals surface area contributed by atoms with E-state index in [1.807, 2.05) is 26.0 Å². The van der Waals surface area contributed by atoms with E-state index in [9.17, 15) is 4.79 Å². The maximum atomic E-state index is 12.1. The fraction of sp³-hybridized carbons (Fsp3) is 0.333. The lowest BCUT2D eigenvalue weighted by molar-refractivity contribution is -0.149. The predicted octanol–water partition coefficient (Wildman–Crippen LogP) is 7.33. The Hall–Kier alpha value is -3.20. The molecule has 1 aliphatic rings. The standard InChI is InChI=1S/C30H33NO2/c1-3-33-30(32)22(2)23-14-16-24(17-15-23)25-18-20-28(21-19-25)31-29(26-10-6-4-7-11-26)27-12-8-5-9-13-27/h4-13,18-24H,3,14-17H2,1-2H3. The average Bonchev–Trinajstić information content (AvgIpc) is 2.88. The zero-order valence-corrected chi connectivity index (χ0v) is 19.6. The zero-order valence-electron chi connectivity index (χ0n) is 19.6. The SMILES string of the molecule is CCOC(=O)C(C)C1CCC(c2ccc(N=C(c3ccccc3)c3ccccc3)cc2)CC1. The van der Waals surface area contributed by atoms with E-state index in [4.69, 9.17) is 9.73 Å². The van der Waals surface area contributed by atoms with E-state index in [0.29, 0.717) is 18.4 Å². The first-order chi connectivity index (χ1) is 16.2. The molecule has 0 aliphatic heterocycles. The highest BCUT2D eigenvalue weighted by Crippen LogP contribution is 2.39. The van der Waals surface area contributed by atoms with Crippen LogP contribution in [0.15, 0.2) is 89.9 Å². The lowest BCUT2D eigenvalue weighted by atomic mass is 9.74. The molecule has 3 aromatic carbocycles. The first-order valence-corrected chi connectivity index (χ1v) is 12.1. The molecule has 0 saturated heterocycles. The van der Waals surface area contributed by atoms with Crippen molar-refractivity contribution >= 4 is 17.4 Å². The summed E-state index contributed by atoms with van der Waals surface area (Å²) >= 11 is 0. The van der Waals surface area contributed by atoms with Crippen LogP contribution in [0, 0.1) is 11.8 Å². The number of hydrogen-bond acceptors (Lipinski definition) is 3. The van der Waals surface area contributed by atoms with Gasteiger partial charge in [0, 0.05) is 11.1 Å². The van der Waals surface area contributed by atoms with E-state index in [1.165, 1.54) is 5.56 Å². The molecular formula is C30H33NO2. The van der Waals surface area contributed by atoms with Gasteiger partial charge >= 0.3 is 5.97 Å². The monoisotopic (exact) mass is 439 g/mol. The zero-order chi connectivity index (χ0) is 23.0. The van der Waals surface area contributed by atoms with Crippen LogP contribution in [0.4, 0.5) is 5.69 Å². The van der Waals surface area contributed by atoms with Gasteiger partial charge in [0.15, 0.2) is 0 Å². The second kappa shape index (κ2) is 11.1. The van der Waals surface area contributed by atoms with Crippen molar-refractivity contribution in [3.8, 4) is 0 Å². The summed E-state index contributed by atoms with van der Waals surface area (Å²) in [6.45, 7) is 4.36. The summed E-state index contributed by atoms with van der Waals surface area (Å²) in [6.07, 6.45) is 4.40. The molecule has 0 aromatic heterocycles. The minimum Gasteiger partial charge on any atom is -0.466 e. The molecule has 170 valence electrons. The van der Waals surface area contributed by atoms with E-state index in [1.54, 1.807) is 0 Å². The maximum absolute atomic E-state index is 12.1. The highest BCUT2D eigenvalue weighted by molar-refractivity contribution is 6.13. The van der Waals surface area contributed by atoms with Gasteiger partial charge in [0.1, 0.15) is 0 Å². The predicted molar refractivity (Wildman–Crippen MR) is 135 cm³/mol. The molecule has 3 heteroatoms. The maximum Gasteiger partial charge on any atom is 0.308 e. The number of benzene rings is 3. The van der Waals surface area contributed by atoms with Crippen LogP contribution >= 0.6 is 0 Å². The van der Waals surface area contributed by atoms with E-state index < -0.39 is 0 Å². The summed E-state index contributed by atoms with van der Waals surface area (Å²) in [5.41, 5.74) is 5.55. The molecule has 0 heterocycles. The lowest BCUT2D eigenvalue weighted by Crippen LogP contribution is -2.26. The number of carbonyl (C=O) groups excluding carboxylic acids is 1. The fourth-order valence-electron chi connectivity index (χ4n) is 4.86. The Bertz CT molecular complexity index is 1010. The molecule has 0 radical (unpaired) electrons. The van der Waals surface area contributed by atoms with Gasteiger partial charge in [-0.25, -0.2) is 4.99 Å². The summed E-state index contributed by atoms with van der Waals surface area (Å²) in [7, 11) is 0. The normalized spacial score (nSPS) is 18.8. The van der Waals surface area contributed by atoms with Crippen molar-refractivity contribution < 1.29 is 9.53 Å². The Morgan fingerprint density at radius 3 is 1.91 bits per heavy atom. The van der Waals surface area contributed by atoms with Crippen molar-refractivity contribution in [1.29, 1.82) is 0 Å². The van der Waals surface area contributed by atoms with Gasteiger partial charge in [0.25, 0.3) is 0 Å². The minimum absolute atomic E-state index is 0.00277. The number of aliphatic imine (C=N–C) groups is 1. The second-order valence-corrected chi connectivity index (χ2v) is 8.94. The summed E-state index contributed by atoms with van der Waals surface area (Å²) in [4.78, 5) is 17.1. The number of hydrogen-bond donors (Lipinski definition) is 0. The third kappa shape index (κ3) is 5.78. The largest absolute Gasteiger partial charge is 0.466 e. The quantitative estimate of drug-likeness (QED) is 0.285. The fourth-order valence-corrected chi connectivity index (χ4v) is 4.86. The molecule has 1 fully saturated rings. The molecule has 0 amide bonds. The van der Waals surface area contributed by atoms with Crippen LogP contribution in [0.3, 0.4) is 0 Å². The molecule has 1 aliphatic carbocycles. The van der Waals surface area contributed by atoms with Crippen molar-refractivity contribution in [2.24, 2.45) is 16.8 Å². The Morgan fingerprint density at radius 2 is 1.39 bits per heavy atom. The first kappa shape index (κ1) is 23.0. The molecular weight excluding hydrogens is 406 g/mol. The molecule has 1 atom stereocenters. The van der Waals surface area contributed by atoms with Gasteiger partial charge in [-0.15, -0.1) is 0 Å². The molecule has 3 nitrogen and oxygen atoms in total. The van der Waals surface area contributed by atoms with E-state index in [-0.39, 0.29) is 11.9 Å². The molecule has 1 saturated carbocycles. The van der Waals surface area contributed by atoms with Crippen molar-refractivity contribution in [2.45, 2.75) is 45.4 Å². The molecule has 0 N–H and O–H groups in total. The Kier molecular flexibility index (Phi) is 7.72. The molecule has 4 rings (SSSR count). The minimum atomic E-state index is -0.0456. The van der Waals surface area contributed by atoms with Crippen molar-refractivity contribution in [3.05, 3.63) is 102 Å². The molecule has 0 spiro atoms. The van der Waals surface area contributed by atoms with Crippen LogP contribution in [0.2, 0.25) is 0 Å². The molecule has 0 bridgehead atoms. The Balaban J connectivity index is 1.47. The summed E-state index contributed by atoms with van der Waals surface area (Å²) in [6, 6.07) is 29.4. The van der Waals surface area contributed by atoms with Crippen LogP contribution in [0.5, 0.6) is 0 Å². The van der Waals surface area contributed by atoms with Crippen LogP contribution in [-0.4, -0.2) is 18.3 Å². The average molecular weight is 440 g/mol. The van der Waals surface area contributed by atoms with Gasteiger partial charge in [0.2, 0.25) is 0 Å². The van der Waals surface area contributed by atoms with Crippen molar-refractivity contribution in [3.63, 3.8) is 0 Å². The topological polar surface area (TPSA) is 38.7 Å². The number of ether oxygens (including phenoxy) is 1. The Morgan fingerprint density at radius 1 is 0.848 bits per heavy atom. The Labute approximate surface area is 197 Å².